The van der Waals surface area contributed by atoms with Gasteiger partial charge in [0.1, 0.15) is 0 Å². The van der Waals surface area contributed by atoms with Crippen LogP contribution in [0.25, 0.3) is 0 Å². The van der Waals surface area contributed by atoms with Gasteiger partial charge < -0.3 is 18.9 Å². The molecule has 4 heterocycles. The summed E-state index contributed by atoms with van der Waals surface area (Å²) in [6.07, 6.45) is 1.02. The fourth-order valence-electron chi connectivity index (χ4n) is 4.90. The summed E-state index contributed by atoms with van der Waals surface area (Å²) >= 11 is 0. The van der Waals surface area contributed by atoms with E-state index in [9.17, 15) is 0 Å². The smallest absolute Gasteiger partial charge is 0.175 e. The van der Waals surface area contributed by atoms with Crippen molar-refractivity contribution in [3.8, 4) is 0 Å². The molecule has 2 bridgehead atoms. The van der Waals surface area contributed by atoms with E-state index in [4.69, 9.17) is 18.9 Å². The lowest BCUT2D eigenvalue weighted by Gasteiger charge is -2.36. The maximum atomic E-state index is 6.06. The fraction of sp³-hybridized carbons (Fsp3) is 1.00. The molecule has 1 aliphatic carbocycles. The number of hydrogen-bond donors (Lipinski definition) is 0. The standard InChI is InChI=1S/C11H14O4/c1-10-6-4-3-5-7(6)11(2,15-10)14-9(5)12-8(4)13-10/h4-9H,3H2,1-2H3/t4-,5+,6-,7+,8-,9-,10+,11-/m0/s1. The average Bonchev–Trinajstić information content (AvgIpc) is 2.70. The van der Waals surface area contributed by atoms with Gasteiger partial charge >= 0.3 is 0 Å². The number of rotatable bonds is 0. The van der Waals surface area contributed by atoms with Crippen LogP contribution in [0, 0.1) is 23.7 Å². The highest BCUT2D eigenvalue weighted by atomic mass is 16.9. The van der Waals surface area contributed by atoms with Gasteiger partial charge in [0.15, 0.2) is 24.2 Å². The summed E-state index contributed by atoms with van der Waals surface area (Å²) in [5.74, 6) is 1.10. The van der Waals surface area contributed by atoms with Gasteiger partial charge in [-0.3, -0.25) is 0 Å². The van der Waals surface area contributed by atoms with Crippen LogP contribution in [0.5, 0.6) is 0 Å². The molecule has 5 rings (SSSR count). The van der Waals surface area contributed by atoms with Gasteiger partial charge in [-0.1, -0.05) is 0 Å². The van der Waals surface area contributed by atoms with Crippen LogP contribution in [0.15, 0.2) is 0 Å². The first kappa shape index (κ1) is 8.01. The fourth-order valence-corrected chi connectivity index (χ4v) is 4.90. The second kappa shape index (κ2) is 1.88. The Kier molecular flexibility index (Phi) is 1.00. The van der Waals surface area contributed by atoms with Gasteiger partial charge in [-0.15, -0.1) is 0 Å². The third kappa shape index (κ3) is 0.622. The molecule has 0 N–H and O–H groups in total. The zero-order chi connectivity index (χ0) is 10.00. The number of hydrogen-bond acceptors (Lipinski definition) is 4. The van der Waals surface area contributed by atoms with Crippen molar-refractivity contribution in [1.82, 2.24) is 0 Å². The zero-order valence-electron chi connectivity index (χ0n) is 8.80. The Morgan fingerprint density at radius 3 is 2.00 bits per heavy atom. The summed E-state index contributed by atoms with van der Waals surface area (Å²) in [4.78, 5) is 0. The molecule has 8 atom stereocenters. The second-order valence-electron chi connectivity index (χ2n) is 5.86. The van der Waals surface area contributed by atoms with E-state index in [1.54, 1.807) is 0 Å². The molecule has 1 saturated carbocycles. The second-order valence-corrected chi connectivity index (χ2v) is 5.86. The molecule has 0 radical (unpaired) electrons. The molecule has 4 saturated heterocycles. The van der Waals surface area contributed by atoms with Gasteiger partial charge in [0, 0.05) is 23.7 Å². The molecule has 0 amide bonds. The predicted molar refractivity (Wildman–Crippen MR) is 47.3 cm³/mol. The molecule has 15 heavy (non-hydrogen) atoms. The first-order valence-corrected chi connectivity index (χ1v) is 5.82. The van der Waals surface area contributed by atoms with Crippen LogP contribution < -0.4 is 0 Å². The maximum Gasteiger partial charge on any atom is 0.175 e. The Morgan fingerprint density at radius 2 is 1.47 bits per heavy atom. The Balaban J connectivity index is 1.80. The van der Waals surface area contributed by atoms with Crippen LogP contribution >= 0.6 is 0 Å². The third-order valence-corrected chi connectivity index (χ3v) is 5.14. The van der Waals surface area contributed by atoms with Crippen molar-refractivity contribution in [3.05, 3.63) is 0 Å². The van der Waals surface area contributed by atoms with Crippen LogP contribution in [-0.2, 0) is 18.9 Å². The van der Waals surface area contributed by atoms with Gasteiger partial charge in [-0.2, -0.15) is 0 Å². The average molecular weight is 210 g/mol. The lowest BCUT2D eigenvalue weighted by Crippen LogP contribution is -2.43. The van der Waals surface area contributed by atoms with E-state index in [0.717, 1.165) is 0 Å². The predicted octanol–water partition coefficient (Wildman–Crippen LogP) is 1.06. The Hall–Kier alpha value is -0.160. The lowest BCUT2D eigenvalue weighted by atomic mass is 9.83. The molecular formula is C11H14O4. The zero-order valence-corrected chi connectivity index (χ0v) is 8.80. The minimum Gasteiger partial charge on any atom is -0.323 e. The van der Waals surface area contributed by atoms with Crippen molar-refractivity contribution in [2.24, 2.45) is 23.7 Å². The van der Waals surface area contributed by atoms with Crippen molar-refractivity contribution < 1.29 is 18.9 Å². The van der Waals surface area contributed by atoms with E-state index < -0.39 is 11.6 Å². The molecule has 4 aliphatic heterocycles. The molecule has 0 aromatic carbocycles. The highest BCUT2D eigenvalue weighted by Crippen LogP contribution is 2.71. The monoisotopic (exact) mass is 210 g/mol. The molecule has 4 heteroatoms. The van der Waals surface area contributed by atoms with Crippen molar-refractivity contribution in [3.63, 3.8) is 0 Å². The molecule has 0 unspecified atom stereocenters. The summed E-state index contributed by atoms with van der Waals surface area (Å²) in [7, 11) is 0. The Bertz CT molecular complexity index is 340. The van der Waals surface area contributed by atoms with Crippen molar-refractivity contribution >= 4 is 0 Å². The molecule has 4 nitrogen and oxygen atoms in total. The largest absolute Gasteiger partial charge is 0.323 e. The van der Waals surface area contributed by atoms with E-state index in [1.165, 1.54) is 6.42 Å². The Labute approximate surface area is 87.8 Å². The van der Waals surface area contributed by atoms with Crippen molar-refractivity contribution in [2.75, 3.05) is 0 Å². The minimum atomic E-state index is -0.463. The van der Waals surface area contributed by atoms with E-state index in [-0.39, 0.29) is 12.6 Å². The molecule has 82 valence electrons. The maximum absolute atomic E-state index is 6.06. The summed E-state index contributed by atoms with van der Waals surface area (Å²) < 4.78 is 23.8. The van der Waals surface area contributed by atoms with E-state index in [1.807, 2.05) is 13.8 Å². The summed E-state index contributed by atoms with van der Waals surface area (Å²) in [6.45, 7) is 4.09. The summed E-state index contributed by atoms with van der Waals surface area (Å²) in [5, 5.41) is 0. The van der Waals surface area contributed by atoms with Crippen LogP contribution in [-0.4, -0.2) is 24.2 Å². The molecule has 0 aromatic heterocycles. The normalized spacial score (nSPS) is 77.2. The van der Waals surface area contributed by atoms with Gasteiger partial charge in [0.05, 0.1) is 0 Å². The SMILES string of the molecule is C[C@]12O[C@@H]3O[C@H]4O[C@](C)(O1)[C@H]1[C@@H]4C[C@@H]3[C@H]12. The van der Waals surface area contributed by atoms with Crippen LogP contribution in [0.1, 0.15) is 20.3 Å². The summed E-state index contributed by atoms with van der Waals surface area (Å²) in [6, 6.07) is 0. The molecule has 5 aliphatic rings. The summed E-state index contributed by atoms with van der Waals surface area (Å²) in [5.41, 5.74) is 0. The molecule has 0 aromatic rings. The van der Waals surface area contributed by atoms with E-state index >= 15 is 0 Å². The van der Waals surface area contributed by atoms with Crippen molar-refractivity contribution in [2.45, 2.75) is 44.4 Å². The van der Waals surface area contributed by atoms with Gasteiger partial charge in [0.2, 0.25) is 0 Å². The van der Waals surface area contributed by atoms with E-state index in [0.29, 0.717) is 23.7 Å². The molecular weight excluding hydrogens is 196 g/mol. The lowest BCUT2D eigenvalue weighted by molar-refractivity contribution is -0.403. The van der Waals surface area contributed by atoms with Gasteiger partial charge in [0.25, 0.3) is 0 Å². The highest BCUT2D eigenvalue weighted by Gasteiger charge is 2.80. The van der Waals surface area contributed by atoms with Gasteiger partial charge in [-0.25, -0.2) is 0 Å². The first-order valence-electron chi connectivity index (χ1n) is 5.82. The minimum absolute atomic E-state index is 0.0869. The molecule has 5 fully saturated rings. The van der Waals surface area contributed by atoms with Crippen LogP contribution in [0.3, 0.4) is 0 Å². The Morgan fingerprint density at radius 1 is 0.933 bits per heavy atom. The first-order chi connectivity index (χ1) is 7.11. The topological polar surface area (TPSA) is 36.9 Å². The van der Waals surface area contributed by atoms with Gasteiger partial charge in [-0.05, 0) is 20.3 Å². The van der Waals surface area contributed by atoms with Crippen LogP contribution in [0.2, 0.25) is 0 Å². The quantitative estimate of drug-likeness (QED) is 0.599. The van der Waals surface area contributed by atoms with Crippen LogP contribution in [0.4, 0.5) is 0 Å². The molecule has 0 spiro atoms. The van der Waals surface area contributed by atoms with Crippen molar-refractivity contribution in [1.29, 1.82) is 0 Å². The highest BCUT2D eigenvalue weighted by molar-refractivity contribution is 5.16. The number of ether oxygens (including phenoxy) is 4. The third-order valence-electron chi connectivity index (χ3n) is 5.14. The van der Waals surface area contributed by atoms with E-state index in [2.05, 4.69) is 0 Å².